The van der Waals surface area contributed by atoms with E-state index in [1.807, 2.05) is 20.8 Å². The van der Waals surface area contributed by atoms with Crippen molar-refractivity contribution in [3.63, 3.8) is 0 Å². The average Bonchev–Trinajstić information content (AvgIpc) is 2.46. The molecule has 0 saturated carbocycles. The van der Waals surface area contributed by atoms with Gasteiger partial charge in [-0.05, 0) is 57.8 Å². The van der Waals surface area contributed by atoms with Crippen LogP contribution in [0.1, 0.15) is 35.9 Å². The third kappa shape index (κ3) is 4.04. The minimum atomic E-state index is 0.586. The smallest absolute Gasteiger partial charge is 0.198 e. The van der Waals surface area contributed by atoms with E-state index in [2.05, 4.69) is 32.2 Å². The highest BCUT2D eigenvalue weighted by Gasteiger charge is 2.11. The number of hydrogen-bond donors (Lipinski definition) is 1. The lowest BCUT2D eigenvalue weighted by Gasteiger charge is -2.11. The first-order chi connectivity index (χ1) is 10.1. The summed E-state index contributed by atoms with van der Waals surface area (Å²) >= 11 is 0. The number of hydrogen-bond acceptors (Lipinski definition) is 5. The predicted octanol–water partition coefficient (Wildman–Crippen LogP) is 2.40. The summed E-state index contributed by atoms with van der Waals surface area (Å²) in [6.07, 6.45) is 5.68. The van der Waals surface area contributed by atoms with Crippen LogP contribution in [0.15, 0.2) is 12.4 Å². The molecule has 0 bridgehead atoms. The topological polar surface area (TPSA) is 63.6 Å². The molecular formula is C16H23N5. The van der Waals surface area contributed by atoms with Gasteiger partial charge in [-0.1, -0.05) is 6.92 Å². The van der Waals surface area contributed by atoms with Crippen LogP contribution in [0.4, 0.5) is 0 Å². The van der Waals surface area contributed by atoms with E-state index >= 15 is 0 Å². The molecule has 21 heavy (non-hydrogen) atoms. The molecule has 1 N–H and O–H groups in total. The van der Waals surface area contributed by atoms with E-state index in [9.17, 15) is 0 Å². The predicted molar refractivity (Wildman–Crippen MR) is 84.1 cm³/mol. The Labute approximate surface area is 126 Å². The number of aromatic nitrogens is 4. The molecule has 0 fully saturated rings. The van der Waals surface area contributed by atoms with Crippen molar-refractivity contribution in [1.82, 2.24) is 25.3 Å². The number of nitrogens with zero attached hydrogens (tertiary/aromatic N) is 4. The lowest BCUT2D eigenvalue weighted by atomic mass is 10.1. The highest BCUT2D eigenvalue weighted by molar-refractivity contribution is 5.45. The molecule has 2 rings (SSSR count). The van der Waals surface area contributed by atoms with Crippen LogP contribution in [0, 0.1) is 20.8 Å². The molecule has 2 aromatic heterocycles. The Balaban J connectivity index is 2.18. The zero-order valence-electron chi connectivity index (χ0n) is 13.3. The van der Waals surface area contributed by atoms with Crippen molar-refractivity contribution in [1.29, 1.82) is 0 Å². The van der Waals surface area contributed by atoms with Crippen molar-refractivity contribution < 1.29 is 0 Å². The molecule has 0 aliphatic heterocycles. The maximum Gasteiger partial charge on any atom is 0.198 e. The first kappa shape index (κ1) is 15.5. The van der Waals surface area contributed by atoms with Gasteiger partial charge in [-0.2, -0.15) is 0 Å². The summed E-state index contributed by atoms with van der Waals surface area (Å²) in [4.78, 5) is 17.7. The minimum absolute atomic E-state index is 0.586. The van der Waals surface area contributed by atoms with Gasteiger partial charge in [0, 0.05) is 23.8 Å². The molecule has 0 spiro atoms. The van der Waals surface area contributed by atoms with Crippen molar-refractivity contribution in [3.8, 4) is 11.6 Å². The zero-order valence-corrected chi connectivity index (χ0v) is 13.3. The van der Waals surface area contributed by atoms with Crippen LogP contribution < -0.4 is 5.32 Å². The maximum atomic E-state index is 4.57. The quantitative estimate of drug-likeness (QED) is 0.826. The lowest BCUT2D eigenvalue weighted by Crippen LogP contribution is -2.19. The van der Waals surface area contributed by atoms with Crippen molar-refractivity contribution in [2.24, 2.45) is 0 Å². The van der Waals surface area contributed by atoms with Crippen LogP contribution in [-0.2, 0) is 6.42 Å². The van der Waals surface area contributed by atoms with Crippen LogP contribution in [0.25, 0.3) is 11.6 Å². The Bertz CT molecular complexity index is 569. The molecule has 2 heterocycles. The first-order valence-electron chi connectivity index (χ1n) is 7.45. The van der Waals surface area contributed by atoms with Gasteiger partial charge in [-0.15, -0.1) is 0 Å². The van der Waals surface area contributed by atoms with Crippen molar-refractivity contribution in [2.75, 3.05) is 13.1 Å². The molecule has 0 unspecified atom stereocenters. The molecule has 2 aromatic rings. The van der Waals surface area contributed by atoms with E-state index in [0.717, 1.165) is 42.9 Å². The molecule has 0 radical (unpaired) electrons. The highest BCUT2D eigenvalue weighted by Crippen LogP contribution is 2.16. The fourth-order valence-corrected chi connectivity index (χ4v) is 2.22. The van der Waals surface area contributed by atoms with Crippen LogP contribution in [0.3, 0.4) is 0 Å². The summed E-state index contributed by atoms with van der Waals surface area (Å²) in [5.74, 6) is 1.19. The Morgan fingerprint density at radius 3 is 2.10 bits per heavy atom. The SMILES string of the molecule is CCCNCCc1c(C)nc(-c2ncc(C)cn2)nc1C. The summed E-state index contributed by atoms with van der Waals surface area (Å²) < 4.78 is 0. The number of aryl methyl sites for hydroxylation is 3. The fraction of sp³-hybridized carbons (Fsp3) is 0.500. The molecule has 0 atom stereocenters. The van der Waals surface area contributed by atoms with Gasteiger partial charge in [-0.3, -0.25) is 0 Å². The highest BCUT2D eigenvalue weighted by atomic mass is 15.0. The third-order valence-electron chi connectivity index (χ3n) is 3.38. The average molecular weight is 285 g/mol. The van der Waals surface area contributed by atoms with Gasteiger partial charge < -0.3 is 5.32 Å². The van der Waals surface area contributed by atoms with E-state index in [4.69, 9.17) is 0 Å². The van der Waals surface area contributed by atoms with Gasteiger partial charge in [0.2, 0.25) is 0 Å². The largest absolute Gasteiger partial charge is 0.316 e. The van der Waals surface area contributed by atoms with E-state index in [1.165, 1.54) is 5.56 Å². The molecule has 5 heteroatoms. The third-order valence-corrected chi connectivity index (χ3v) is 3.38. The van der Waals surface area contributed by atoms with E-state index in [1.54, 1.807) is 12.4 Å². The molecule has 112 valence electrons. The van der Waals surface area contributed by atoms with Gasteiger partial charge in [0.05, 0.1) is 0 Å². The summed E-state index contributed by atoms with van der Waals surface area (Å²) in [7, 11) is 0. The Kier molecular flexibility index (Phi) is 5.33. The normalized spacial score (nSPS) is 10.9. The Morgan fingerprint density at radius 2 is 1.52 bits per heavy atom. The van der Waals surface area contributed by atoms with Gasteiger partial charge >= 0.3 is 0 Å². The number of rotatable bonds is 6. The zero-order chi connectivity index (χ0) is 15.2. The Morgan fingerprint density at radius 1 is 0.905 bits per heavy atom. The molecule has 0 aliphatic rings. The van der Waals surface area contributed by atoms with E-state index in [0.29, 0.717) is 11.6 Å². The van der Waals surface area contributed by atoms with E-state index in [-0.39, 0.29) is 0 Å². The molecule has 5 nitrogen and oxygen atoms in total. The summed E-state index contributed by atoms with van der Waals surface area (Å²) in [5.41, 5.74) is 4.28. The lowest BCUT2D eigenvalue weighted by molar-refractivity contribution is 0.666. The van der Waals surface area contributed by atoms with Crippen LogP contribution in [0.5, 0.6) is 0 Å². The number of nitrogens with one attached hydrogen (secondary N) is 1. The molecule has 0 aromatic carbocycles. The van der Waals surface area contributed by atoms with Gasteiger partial charge in [0.25, 0.3) is 0 Å². The summed E-state index contributed by atoms with van der Waals surface area (Å²) in [6, 6.07) is 0. The van der Waals surface area contributed by atoms with Crippen LogP contribution in [-0.4, -0.2) is 33.0 Å². The minimum Gasteiger partial charge on any atom is -0.316 e. The second kappa shape index (κ2) is 7.22. The summed E-state index contributed by atoms with van der Waals surface area (Å²) in [5, 5.41) is 3.41. The van der Waals surface area contributed by atoms with Crippen LogP contribution in [0.2, 0.25) is 0 Å². The molecule has 0 amide bonds. The van der Waals surface area contributed by atoms with Gasteiger partial charge in [0.15, 0.2) is 11.6 Å². The molecular weight excluding hydrogens is 262 g/mol. The fourth-order valence-electron chi connectivity index (χ4n) is 2.22. The first-order valence-corrected chi connectivity index (χ1v) is 7.45. The van der Waals surface area contributed by atoms with Crippen LogP contribution >= 0.6 is 0 Å². The van der Waals surface area contributed by atoms with Gasteiger partial charge in [0.1, 0.15) is 0 Å². The molecule has 0 saturated heterocycles. The van der Waals surface area contributed by atoms with Crippen molar-refractivity contribution in [3.05, 3.63) is 34.9 Å². The monoisotopic (exact) mass is 285 g/mol. The second-order valence-corrected chi connectivity index (χ2v) is 5.28. The van der Waals surface area contributed by atoms with Crippen molar-refractivity contribution >= 4 is 0 Å². The molecule has 0 aliphatic carbocycles. The second-order valence-electron chi connectivity index (χ2n) is 5.28. The Hall–Kier alpha value is -1.88. The van der Waals surface area contributed by atoms with Crippen molar-refractivity contribution in [2.45, 2.75) is 40.5 Å². The van der Waals surface area contributed by atoms with Gasteiger partial charge in [-0.25, -0.2) is 19.9 Å². The van der Waals surface area contributed by atoms with E-state index < -0.39 is 0 Å². The summed E-state index contributed by atoms with van der Waals surface area (Å²) in [6.45, 7) is 10.2. The standard InChI is InChI=1S/C16H23N5/c1-5-7-17-8-6-14-12(3)20-16(21-13(14)4)15-18-9-11(2)10-19-15/h9-10,17H,5-8H2,1-4H3. The maximum absolute atomic E-state index is 4.57.